The molecule has 1 aromatic carbocycles. The second-order valence-electron chi connectivity index (χ2n) is 3.68. The Balaban J connectivity index is 2.37. The molecule has 0 fully saturated rings. The fourth-order valence-corrected chi connectivity index (χ4v) is 1.38. The molecule has 0 radical (unpaired) electrons. The standard InChI is InChI=1S/C13H21NO3/c1-3-14-9-11(15)10-17-13-7-5-6-12(8-13)16-4-2/h5-8,11,14-15H,3-4,9-10H2,1-2H3. The SMILES string of the molecule is CCNCC(O)COc1cccc(OCC)c1. The Hall–Kier alpha value is -1.26. The van der Waals surface area contributed by atoms with Crippen LogP contribution in [0.15, 0.2) is 24.3 Å². The van der Waals surface area contributed by atoms with E-state index in [9.17, 15) is 5.11 Å². The van der Waals surface area contributed by atoms with Gasteiger partial charge in [0.1, 0.15) is 24.2 Å². The summed E-state index contributed by atoms with van der Waals surface area (Å²) in [6, 6.07) is 7.42. The summed E-state index contributed by atoms with van der Waals surface area (Å²) in [4.78, 5) is 0. The minimum Gasteiger partial charge on any atom is -0.494 e. The van der Waals surface area contributed by atoms with E-state index in [0.717, 1.165) is 12.3 Å². The number of aliphatic hydroxyl groups excluding tert-OH is 1. The molecule has 0 aliphatic rings. The van der Waals surface area contributed by atoms with Gasteiger partial charge in [-0.05, 0) is 25.6 Å². The van der Waals surface area contributed by atoms with Gasteiger partial charge in [0, 0.05) is 12.6 Å². The number of aliphatic hydroxyl groups is 1. The number of benzene rings is 1. The van der Waals surface area contributed by atoms with Crippen LogP contribution in [-0.2, 0) is 0 Å². The fourth-order valence-electron chi connectivity index (χ4n) is 1.38. The zero-order valence-electron chi connectivity index (χ0n) is 10.5. The number of hydrogen-bond acceptors (Lipinski definition) is 4. The summed E-state index contributed by atoms with van der Waals surface area (Å²) < 4.78 is 10.8. The van der Waals surface area contributed by atoms with Crippen molar-refractivity contribution in [1.29, 1.82) is 0 Å². The number of nitrogens with one attached hydrogen (secondary N) is 1. The van der Waals surface area contributed by atoms with Gasteiger partial charge in [0.25, 0.3) is 0 Å². The molecule has 0 saturated heterocycles. The van der Waals surface area contributed by atoms with Crippen LogP contribution in [-0.4, -0.2) is 37.5 Å². The first kappa shape index (κ1) is 13.8. The average molecular weight is 239 g/mol. The molecule has 1 atom stereocenters. The van der Waals surface area contributed by atoms with E-state index >= 15 is 0 Å². The fraction of sp³-hybridized carbons (Fsp3) is 0.538. The summed E-state index contributed by atoms with van der Waals surface area (Å²) in [5.74, 6) is 1.50. The number of rotatable bonds is 8. The maximum absolute atomic E-state index is 9.60. The third kappa shape index (κ3) is 5.56. The second kappa shape index (κ2) is 7.92. The smallest absolute Gasteiger partial charge is 0.123 e. The molecule has 4 nitrogen and oxygen atoms in total. The van der Waals surface area contributed by atoms with Crippen molar-refractivity contribution in [2.75, 3.05) is 26.3 Å². The Bertz CT molecular complexity index is 317. The zero-order chi connectivity index (χ0) is 12.5. The largest absolute Gasteiger partial charge is 0.494 e. The van der Waals surface area contributed by atoms with E-state index in [1.165, 1.54) is 0 Å². The molecule has 1 rings (SSSR count). The lowest BCUT2D eigenvalue weighted by Gasteiger charge is -2.13. The van der Waals surface area contributed by atoms with Gasteiger partial charge in [0.05, 0.1) is 6.61 Å². The normalized spacial score (nSPS) is 12.2. The predicted octanol–water partition coefficient (Wildman–Crippen LogP) is 1.43. The molecule has 0 bridgehead atoms. The van der Waals surface area contributed by atoms with E-state index in [2.05, 4.69) is 5.32 Å². The molecule has 0 aliphatic carbocycles. The highest BCUT2D eigenvalue weighted by molar-refractivity contribution is 5.32. The third-order valence-corrected chi connectivity index (χ3v) is 2.19. The maximum atomic E-state index is 9.60. The van der Waals surface area contributed by atoms with Crippen LogP contribution in [0.4, 0.5) is 0 Å². The van der Waals surface area contributed by atoms with Gasteiger partial charge in [-0.1, -0.05) is 13.0 Å². The highest BCUT2D eigenvalue weighted by Crippen LogP contribution is 2.19. The van der Waals surface area contributed by atoms with Gasteiger partial charge in [0.15, 0.2) is 0 Å². The first-order valence-electron chi connectivity index (χ1n) is 6.00. The second-order valence-corrected chi connectivity index (χ2v) is 3.68. The van der Waals surface area contributed by atoms with Crippen molar-refractivity contribution in [2.24, 2.45) is 0 Å². The quantitative estimate of drug-likeness (QED) is 0.720. The minimum absolute atomic E-state index is 0.280. The number of hydrogen-bond donors (Lipinski definition) is 2. The van der Waals surface area contributed by atoms with Crippen molar-refractivity contribution in [1.82, 2.24) is 5.32 Å². The average Bonchev–Trinajstić information content (AvgIpc) is 2.35. The van der Waals surface area contributed by atoms with Crippen molar-refractivity contribution >= 4 is 0 Å². The van der Waals surface area contributed by atoms with Crippen molar-refractivity contribution < 1.29 is 14.6 Å². The van der Waals surface area contributed by atoms with E-state index in [4.69, 9.17) is 9.47 Å². The minimum atomic E-state index is -0.495. The highest BCUT2D eigenvalue weighted by atomic mass is 16.5. The predicted molar refractivity (Wildman–Crippen MR) is 67.7 cm³/mol. The molecular weight excluding hydrogens is 218 g/mol. The summed E-state index contributed by atoms with van der Waals surface area (Å²) in [5.41, 5.74) is 0. The molecule has 0 aromatic heterocycles. The van der Waals surface area contributed by atoms with Gasteiger partial charge in [-0.3, -0.25) is 0 Å². The van der Waals surface area contributed by atoms with Gasteiger partial charge in [-0.15, -0.1) is 0 Å². The molecule has 0 amide bonds. The zero-order valence-corrected chi connectivity index (χ0v) is 10.5. The van der Waals surface area contributed by atoms with E-state index in [1.807, 2.05) is 38.1 Å². The van der Waals surface area contributed by atoms with Crippen LogP contribution in [0.5, 0.6) is 11.5 Å². The molecule has 96 valence electrons. The van der Waals surface area contributed by atoms with Crippen LogP contribution >= 0.6 is 0 Å². The van der Waals surface area contributed by atoms with Crippen LogP contribution in [0.3, 0.4) is 0 Å². The van der Waals surface area contributed by atoms with Crippen LogP contribution in [0.2, 0.25) is 0 Å². The monoisotopic (exact) mass is 239 g/mol. The lowest BCUT2D eigenvalue weighted by Crippen LogP contribution is -2.31. The van der Waals surface area contributed by atoms with Gasteiger partial charge in [-0.25, -0.2) is 0 Å². The van der Waals surface area contributed by atoms with Gasteiger partial charge in [0.2, 0.25) is 0 Å². The first-order chi connectivity index (χ1) is 8.26. The molecule has 1 unspecified atom stereocenters. The van der Waals surface area contributed by atoms with E-state index in [-0.39, 0.29) is 6.61 Å². The molecule has 17 heavy (non-hydrogen) atoms. The molecular formula is C13H21NO3. The molecule has 0 saturated carbocycles. The van der Waals surface area contributed by atoms with Crippen molar-refractivity contribution in [3.05, 3.63) is 24.3 Å². The maximum Gasteiger partial charge on any atom is 0.123 e. The lowest BCUT2D eigenvalue weighted by atomic mass is 10.3. The first-order valence-corrected chi connectivity index (χ1v) is 6.00. The van der Waals surface area contributed by atoms with Crippen molar-refractivity contribution in [2.45, 2.75) is 20.0 Å². The summed E-state index contributed by atoms with van der Waals surface area (Å²) in [6.45, 7) is 6.24. The van der Waals surface area contributed by atoms with Gasteiger partial charge < -0.3 is 19.9 Å². The summed E-state index contributed by atoms with van der Waals surface area (Å²) in [7, 11) is 0. The van der Waals surface area contributed by atoms with E-state index < -0.39 is 6.10 Å². The summed E-state index contributed by atoms with van der Waals surface area (Å²) in [5, 5.41) is 12.7. The Morgan fingerprint density at radius 3 is 2.59 bits per heavy atom. The third-order valence-electron chi connectivity index (χ3n) is 2.19. The van der Waals surface area contributed by atoms with E-state index in [1.54, 1.807) is 0 Å². The van der Waals surface area contributed by atoms with Crippen LogP contribution in [0.1, 0.15) is 13.8 Å². The van der Waals surface area contributed by atoms with Crippen LogP contribution in [0, 0.1) is 0 Å². The number of ether oxygens (including phenoxy) is 2. The Kier molecular flexibility index (Phi) is 6.43. The Labute approximate surface area is 103 Å². The Morgan fingerprint density at radius 1 is 1.24 bits per heavy atom. The molecule has 0 aliphatic heterocycles. The molecule has 2 N–H and O–H groups in total. The summed E-state index contributed by atoms with van der Waals surface area (Å²) in [6.07, 6.45) is -0.495. The molecule has 1 aromatic rings. The molecule has 0 spiro atoms. The van der Waals surface area contributed by atoms with Crippen LogP contribution in [0.25, 0.3) is 0 Å². The van der Waals surface area contributed by atoms with Crippen molar-refractivity contribution in [3.63, 3.8) is 0 Å². The van der Waals surface area contributed by atoms with Gasteiger partial charge in [-0.2, -0.15) is 0 Å². The lowest BCUT2D eigenvalue weighted by molar-refractivity contribution is 0.107. The number of likely N-dealkylation sites (N-methyl/N-ethyl adjacent to an activating group) is 1. The summed E-state index contributed by atoms with van der Waals surface area (Å²) >= 11 is 0. The van der Waals surface area contributed by atoms with Crippen molar-refractivity contribution in [3.8, 4) is 11.5 Å². The van der Waals surface area contributed by atoms with Gasteiger partial charge >= 0.3 is 0 Å². The topological polar surface area (TPSA) is 50.7 Å². The molecule has 4 heteroatoms. The Morgan fingerprint density at radius 2 is 1.94 bits per heavy atom. The molecule has 0 heterocycles. The highest BCUT2D eigenvalue weighted by Gasteiger charge is 2.04. The van der Waals surface area contributed by atoms with E-state index in [0.29, 0.717) is 18.9 Å². The van der Waals surface area contributed by atoms with Crippen LogP contribution < -0.4 is 14.8 Å².